The van der Waals surface area contributed by atoms with E-state index >= 15 is 0 Å². The number of aliphatic hydroxyl groups is 1. The molecule has 6 nitrogen and oxygen atoms in total. The van der Waals surface area contributed by atoms with Gasteiger partial charge >= 0.3 is 0 Å². The standard InChI is InChI=1S/C19H19FN4O2/c1-11-6-17(20)16(19(26)24-14-2-3-14)8-15(11)13-7-12(9-21)18(23-10-13)22-4-5-25/h6-8,10,14,25H,2-5H2,1H3,(H,22,23)(H,24,26). The van der Waals surface area contributed by atoms with Crippen LogP contribution in [-0.4, -0.2) is 35.2 Å². The maximum absolute atomic E-state index is 14.3. The number of hydrogen-bond donors (Lipinski definition) is 3. The van der Waals surface area contributed by atoms with Crippen molar-refractivity contribution in [3.8, 4) is 17.2 Å². The number of hydrogen-bond acceptors (Lipinski definition) is 5. The third-order valence-corrected chi connectivity index (χ3v) is 4.19. The first-order chi connectivity index (χ1) is 12.5. The largest absolute Gasteiger partial charge is 0.395 e. The molecule has 0 spiro atoms. The van der Waals surface area contributed by atoms with E-state index in [0.717, 1.165) is 12.8 Å². The monoisotopic (exact) mass is 354 g/mol. The molecule has 134 valence electrons. The van der Waals surface area contributed by atoms with Crippen molar-refractivity contribution >= 4 is 11.7 Å². The highest BCUT2D eigenvalue weighted by atomic mass is 19.1. The summed E-state index contributed by atoms with van der Waals surface area (Å²) < 4.78 is 14.3. The van der Waals surface area contributed by atoms with Gasteiger partial charge < -0.3 is 15.7 Å². The van der Waals surface area contributed by atoms with E-state index in [1.165, 1.54) is 12.1 Å². The van der Waals surface area contributed by atoms with Crippen molar-refractivity contribution in [2.45, 2.75) is 25.8 Å². The van der Waals surface area contributed by atoms with Gasteiger partial charge in [0.15, 0.2) is 0 Å². The minimum absolute atomic E-state index is 0.0153. The van der Waals surface area contributed by atoms with Crippen molar-refractivity contribution in [2.24, 2.45) is 0 Å². The van der Waals surface area contributed by atoms with Gasteiger partial charge in [0.1, 0.15) is 17.7 Å². The van der Waals surface area contributed by atoms with Crippen LogP contribution in [0.3, 0.4) is 0 Å². The second kappa shape index (κ2) is 7.50. The van der Waals surface area contributed by atoms with Crippen LogP contribution in [0.5, 0.6) is 0 Å². The number of anilines is 1. The van der Waals surface area contributed by atoms with Gasteiger partial charge in [0.05, 0.1) is 17.7 Å². The zero-order valence-electron chi connectivity index (χ0n) is 14.3. The van der Waals surface area contributed by atoms with Crippen molar-refractivity contribution in [2.75, 3.05) is 18.5 Å². The first-order valence-electron chi connectivity index (χ1n) is 8.39. The number of aryl methyl sites for hydroxylation is 1. The Morgan fingerprint density at radius 3 is 2.85 bits per heavy atom. The molecule has 0 radical (unpaired) electrons. The van der Waals surface area contributed by atoms with Crippen LogP contribution < -0.4 is 10.6 Å². The van der Waals surface area contributed by atoms with E-state index in [1.54, 1.807) is 19.2 Å². The van der Waals surface area contributed by atoms with Crippen molar-refractivity contribution < 1.29 is 14.3 Å². The van der Waals surface area contributed by atoms with Gasteiger partial charge in [-0.1, -0.05) is 0 Å². The fraction of sp³-hybridized carbons (Fsp3) is 0.316. The summed E-state index contributed by atoms with van der Waals surface area (Å²) in [7, 11) is 0. The molecular weight excluding hydrogens is 335 g/mol. The van der Waals surface area contributed by atoms with Crippen molar-refractivity contribution in [1.29, 1.82) is 5.26 Å². The van der Waals surface area contributed by atoms with E-state index in [-0.39, 0.29) is 24.8 Å². The van der Waals surface area contributed by atoms with E-state index < -0.39 is 11.7 Å². The number of nitriles is 1. The Labute approximate surface area is 150 Å². The molecule has 7 heteroatoms. The number of rotatable bonds is 6. The second-order valence-electron chi connectivity index (χ2n) is 6.28. The summed E-state index contributed by atoms with van der Waals surface area (Å²) in [6, 6.07) is 6.65. The predicted octanol–water partition coefficient (Wildman–Crippen LogP) is 2.36. The minimum Gasteiger partial charge on any atom is -0.395 e. The van der Waals surface area contributed by atoms with E-state index in [1.807, 2.05) is 0 Å². The number of pyridine rings is 1. The summed E-state index contributed by atoms with van der Waals surface area (Å²) >= 11 is 0. The van der Waals surface area contributed by atoms with Gasteiger partial charge in [0.25, 0.3) is 5.91 Å². The van der Waals surface area contributed by atoms with Crippen LogP contribution in [0.1, 0.15) is 34.3 Å². The molecule has 0 bridgehead atoms. The third-order valence-electron chi connectivity index (χ3n) is 4.19. The lowest BCUT2D eigenvalue weighted by molar-refractivity contribution is 0.0947. The summed E-state index contributed by atoms with van der Waals surface area (Å²) in [6.07, 6.45) is 3.40. The molecule has 0 unspecified atom stereocenters. The number of carbonyl (C=O) groups is 1. The van der Waals surface area contributed by atoms with Gasteiger partial charge in [-0.05, 0) is 49.1 Å². The van der Waals surface area contributed by atoms with Gasteiger partial charge in [0.2, 0.25) is 0 Å². The van der Waals surface area contributed by atoms with Crippen LogP contribution in [0.4, 0.5) is 10.2 Å². The molecule has 1 aromatic heterocycles. The molecule has 0 atom stereocenters. The van der Waals surface area contributed by atoms with Crippen LogP contribution >= 0.6 is 0 Å². The number of nitrogens with one attached hydrogen (secondary N) is 2. The third kappa shape index (κ3) is 3.81. The lowest BCUT2D eigenvalue weighted by Gasteiger charge is -2.12. The average molecular weight is 354 g/mol. The van der Waals surface area contributed by atoms with E-state index in [0.29, 0.717) is 28.1 Å². The maximum atomic E-state index is 14.3. The van der Waals surface area contributed by atoms with Gasteiger partial charge in [0, 0.05) is 24.3 Å². The van der Waals surface area contributed by atoms with Crippen molar-refractivity contribution in [3.05, 3.63) is 46.9 Å². The van der Waals surface area contributed by atoms with Crippen LogP contribution in [0.2, 0.25) is 0 Å². The molecule has 1 heterocycles. The average Bonchev–Trinajstić information content (AvgIpc) is 3.43. The first-order valence-corrected chi connectivity index (χ1v) is 8.39. The molecule has 0 aliphatic heterocycles. The predicted molar refractivity (Wildman–Crippen MR) is 95.1 cm³/mol. The highest BCUT2D eigenvalue weighted by molar-refractivity contribution is 5.96. The molecule has 3 rings (SSSR count). The number of amides is 1. The lowest BCUT2D eigenvalue weighted by atomic mass is 9.97. The Hall–Kier alpha value is -2.98. The molecule has 1 saturated carbocycles. The first kappa shape index (κ1) is 17.8. The molecule has 0 saturated heterocycles. The van der Waals surface area contributed by atoms with Gasteiger partial charge in [-0.3, -0.25) is 4.79 Å². The molecule has 1 amide bonds. The fourth-order valence-electron chi connectivity index (χ4n) is 2.66. The van der Waals surface area contributed by atoms with Crippen LogP contribution in [0.25, 0.3) is 11.1 Å². The topological polar surface area (TPSA) is 98.0 Å². The number of halogens is 1. The Kier molecular flexibility index (Phi) is 5.14. The Morgan fingerprint density at radius 1 is 1.42 bits per heavy atom. The number of nitrogens with zero attached hydrogens (tertiary/aromatic N) is 2. The van der Waals surface area contributed by atoms with E-state index in [9.17, 15) is 14.4 Å². The van der Waals surface area contributed by atoms with Crippen molar-refractivity contribution in [1.82, 2.24) is 10.3 Å². The van der Waals surface area contributed by atoms with Crippen LogP contribution in [0.15, 0.2) is 24.4 Å². The highest BCUT2D eigenvalue weighted by Crippen LogP contribution is 2.29. The summed E-state index contributed by atoms with van der Waals surface area (Å²) in [4.78, 5) is 16.5. The second-order valence-corrected chi connectivity index (χ2v) is 6.28. The molecule has 26 heavy (non-hydrogen) atoms. The summed E-state index contributed by atoms with van der Waals surface area (Å²) in [5.74, 6) is -0.628. The number of benzene rings is 1. The Bertz CT molecular complexity index is 888. The summed E-state index contributed by atoms with van der Waals surface area (Å²) in [5.41, 5.74) is 2.20. The summed E-state index contributed by atoms with van der Waals surface area (Å²) in [5, 5.41) is 23.9. The normalized spacial score (nSPS) is 13.2. The summed E-state index contributed by atoms with van der Waals surface area (Å²) in [6.45, 7) is 1.94. The molecule has 1 aliphatic carbocycles. The zero-order chi connectivity index (χ0) is 18.7. The van der Waals surface area contributed by atoms with Crippen LogP contribution in [-0.2, 0) is 0 Å². The quantitative estimate of drug-likeness (QED) is 0.740. The van der Waals surface area contributed by atoms with Crippen LogP contribution in [0, 0.1) is 24.1 Å². The number of aromatic nitrogens is 1. The highest BCUT2D eigenvalue weighted by Gasteiger charge is 2.25. The molecule has 1 aromatic carbocycles. The minimum atomic E-state index is -0.570. The number of aliphatic hydroxyl groups excluding tert-OH is 1. The zero-order valence-corrected chi connectivity index (χ0v) is 14.3. The SMILES string of the molecule is Cc1cc(F)c(C(=O)NC2CC2)cc1-c1cnc(NCCO)c(C#N)c1. The fourth-order valence-corrected chi connectivity index (χ4v) is 2.66. The number of carbonyl (C=O) groups excluding carboxylic acids is 1. The molecular formula is C19H19FN4O2. The lowest BCUT2D eigenvalue weighted by Crippen LogP contribution is -2.26. The molecule has 3 N–H and O–H groups in total. The van der Waals surface area contributed by atoms with Gasteiger partial charge in [-0.15, -0.1) is 0 Å². The van der Waals surface area contributed by atoms with Gasteiger partial charge in [-0.2, -0.15) is 5.26 Å². The van der Waals surface area contributed by atoms with Gasteiger partial charge in [-0.25, -0.2) is 9.37 Å². The van der Waals surface area contributed by atoms with E-state index in [2.05, 4.69) is 21.7 Å². The Balaban J connectivity index is 1.97. The maximum Gasteiger partial charge on any atom is 0.254 e. The molecule has 1 fully saturated rings. The smallest absolute Gasteiger partial charge is 0.254 e. The molecule has 2 aromatic rings. The molecule has 1 aliphatic rings. The van der Waals surface area contributed by atoms with Crippen molar-refractivity contribution in [3.63, 3.8) is 0 Å². The van der Waals surface area contributed by atoms with E-state index in [4.69, 9.17) is 5.11 Å². The Morgan fingerprint density at radius 2 is 2.19 bits per heavy atom.